The van der Waals surface area contributed by atoms with Crippen LogP contribution in [0.2, 0.25) is 5.02 Å². The van der Waals surface area contributed by atoms with Gasteiger partial charge in [0.1, 0.15) is 12.4 Å². The minimum Gasteiger partial charge on any atom is -0.493 e. The van der Waals surface area contributed by atoms with Crippen molar-refractivity contribution in [2.24, 2.45) is 0 Å². The molecule has 8 heteroatoms. The first-order chi connectivity index (χ1) is 12.8. The van der Waals surface area contributed by atoms with E-state index in [1.54, 1.807) is 12.1 Å². The zero-order valence-corrected chi connectivity index (χ0v) is 15.2. The summed E-state index contributed by atoms with van der Waals surface area (Å²) >= 11 is 7.27. The largest absolute Gasteiger partial charge is 0.493 e. The Hall–Kier alpha value is -2.38. The minimum absolute atomic E-state index is 0.336. The lowest BCUT2D eigenvalue weighted by Gasteiger charge is -2.23. The molecular formula is C18H15ClN2O4S. The summed E-state index contributed by atoms with van der Waals surface area (Å²) in [7, 11) is 0. The maximum Gasteiger partial charge on any atom is 0.276 e. The van der Waals surface area contributed by atoms with Crippen LogP contribution in [-0.4, -0.2) is 29.2 Å². The number of hydrogen-bond donors (Lipinski definition) is 0. The second-order valence-corrected chi connectivity index (χ2v) is 6.90. The Kier molecular flexibility index (Phi) is 5.17. The summed E-state index contributed by atoms with van der Waals surface area (Å²) in [5.74, 6) is 3.24. The van der Waals surface area contributed by atoms with Gasteiger partial charge in [-0.2, -0.15) is 0 Å². The van der Waals surface area contributed by atoms with Crippen molar-refractivity contribution in [3.05, 3.63) is 59.4 Å². The molecule has 0 spiro atoms. The molecule has 0 N–H and O–H groups in total. The third-order valence-corrected chi connectivity index (χ3v) is 4.63. The van der Waals surface area contributed by atoms with Crippen molar-refractivity contribution in [2.45, 2.75) is 11.3 Å². The first-order valence-electron chi connectivity index (χ1n) is 8.01. The van der Waals surface area contributed by atoms with Crippen molar-refractivity contribution >= 4 is 23.4 Å². The van der Waals surface area contributed by atoms with Gasteiger partial charge in [-0.25, -0.2) is 0 Å². The molecule has 0 saturated heterocycles. The van der Waals surface area contributed by atoms with Crippen LogP contribution in [0.3, 0.4) is 0 Å². The molecule has 1 aromatic heterocycles. The highest BCUT2D eigenvalue weighted by Crippen LogP contribution is 2.35. The van der Waals surface area contributed by atoms with E-state index < -0.39 is 6.10 Å². The molecule has 2 aromatic carbocycles. The smallest absolute Gasteiger partial charge is 0.276 e. The molecule has 0 saturated carbocycles. The van der Waals surface area contributed by atoms with Gasteiger partial charge in [-0.15, -0.1) is 10.2 Å². The number of rotatable bonds is 6. The molecule has 3 aromatic rings. The number of para-hydroxylation sites is 2. The Morgan fingerprint density at radius 3 is 2.73 bits per heavy atom. The molecule has 1 aliphatic rings. The SMILES string of the molecule is Clc1ccc(OCCSc2nnc(C3COc4ccccc4O3)o2)cc1. The average molecular weight is 391 g/mol. The van der Waals surface area contributed by atoms with Gasteiger partial charge in [0, 0.05) is 10.8 Å². The van der Waals surface area contributed by atoms with E-state index in [-0.39, 0.29) is 0 Å². The number of aromatic nitrogens is 2. The number of ether oxygens (including phenoxy) is 3. The van der Waals surface area contributed by atoms with E-state index in [0.29, 0.717) is 40.9 Å². The summed E-state index contributed by atoms with van der Waals surface area (Å²) in [6, 6.07) is 14.7. The Morgan fingerprint density at radius 1 is 1.08 bits per heavy atom. The van der Waals surface area contributed by atoms with E-state index >= 15 is 0 Å². The highest BCUT2D eigenvalue weighted by Gasteiger charge is 2.27. The molecule has 1 unspecified atom stereocenters. The molecule has 134 valence electrons. The van der Waals surface area contributed by atoms with Gasteiger partial charge in [-0.05, 0) is 36.4 Å². The Bertz CT molecular complexity index is 872. The van der Waals surface area contributed by atoms with Gasteiger partial charge in [0.15, 0.2) is 11.5 Å². The van der Waals surface area contributed by atoms with Crippen molar-refractivity contribution in [2.75, 3.05) is 19.0 Å². The van der Waals surface area contributed by atoms with Gasteiger partial charge in [0.25, 0.3) is 11.1 Å². The Morgan fingerprint density at radius 2 is 1.88 bits per heavy atom. The molecule has 1 atom stereocenters. The lowest BCUT2D eigenvalue weighted by molar-refractivity contribution is 0.0686. The fraction of sp³-hybridized carbons (Fsp3) is 0.222. The van der Waals surface area contributed by atoms with Crippen LogP contribution in [0.4, 0.5) is 0 Å². The average Bonchev–Trinajstić information content (AvgIpc) is 3.15. The van der Waals surface area contributed by atoms with Crippen molar-refractivity contribution in [3.63, 3.8) is 0 Å². The fourth-order valence-electron chi connectivity index (χ4n) is 2.37. The van der Waals surface area contributed by atoms with E-state index in [4.69, 9.17) is 30.2 Å². The van der Waals surface area contributed by atoms with E-state index in [2.05, 4.69) is 10.2 Å². The van der Waals surface area contributed by atoms with Gasteiger partial charge in [-0.1, -0.05) is 35.5 Å². The summed E-state index contributed by atoms with van der Waals surface area (Å²) in [5.41, 5.74) is 0. The second kappa shape index (κ2) is 7.88. The molecule has 0 bridgehead atoms. The minimum atomic E-state index is -0.405. The molecule has 0 radical (unpaired) electrons. The highest BCUT2D eigenvalue weighted by atomic mass is 35.5. The van der Waals surface area contributed by atoms with Crippen LogP contribution >= 0.6 is 23.4 Å². The number of thioether (sulfide) groups is 1. The number of benzene rings is 2. The maximum absolute atomic E-state index is 5.86. The zero-order valence-electron chi connectivity index (χ0n) is 13.6. The quantitative estimate of drug-likeness (QED) is 0.456. The number of hydrogen-bond acceptors (Lipinski definition) is 7. The van der Waals surface area contributed by atoms with E-state index in [0.717, 1.165) is 11.5 Å². The van der Waals surface area contributed by atoms with Crippen LogP contribution in [0.15, 0.2) is 58.2 Å². The molecule has 6 nitrogen and oxygen atoms in total. The third-order valence-electron chi connectivity index (χ3n) is 3.60. The predicted octanol–water partition coefficient (Wildman–Crippen LogP) is 4.41. The summed E-state index contributed by atoms with van der Waals surface area (Å²) in [6.07, 6.45) is -0.405. The van der Waals surface area contributed by atoms with Gasteiger partial charge < -0.3 is 18.6 Å². The maximum atomic E-state index is 5.86. The van der Waals surface area contributed by atoms with E-state index in [9.17, 15) is 0 Å². The summed E-state index contributed by atoms with van der Waals surface area (Å²) in [6.45, 7) is 0.851. The van der Waals surface area contributed by atoms with Gasteiger partial charge in [0.2, 0.25) is 6.10 Å². The summed E-state index contributed by atoms with van der Waals surface area (Å²) < 4.78 is 22.8. The lowest BCUT2D eigenvalue weighted by atomic mass is 10.2. The summed E-state index contributed by atoms with van der Waals surface area (Å²) in [4.78, 5) is 0. The molecule has 4 rings (SSSR count). The molecular weight excluding hydrogens is 376 g/mol. The van der Waals surface area contributed by atoms with Crippen LogP contribution in [0.5, 0.6) is 17.2 Å². The van der Waals surface area contributed by atoms with E-state index in [1.165, 1.54) is 11.8 Å². The molecule has 1 aliphatic heterocycles. The van der Waals surface area contributed by atoms with Gasteiger partial charge in [-0.3, -0.25) is 0 Å². The molecule has 0 fully saturated rings. The van der Waals surface area contributed by atoms with Gasteiger partial charge >= 0.3 is 0 Å². The van der Waals surface area contributed by atoms with Crippen LogP contribution in [-0.2, 0) is 0 Å². The highest BCUT2D eigenvalue weighted by molar-refractivity contribution is 7.99. The van der Waals surface area contributed by atoms with Crippen LogP contribution in [0.25, 0.3) is 0 Å². The standard InChI is InChI=1S/C18H15ClN2O4S/c19-12-5-7-13(8-6-12)22-9-10-26-18-21-20-17(25-18)16-11-23-14-3-1-2-4-15(14)24-16/h1-8,16H,9-11H2. The molecule has 0 aliphatic carbocycles. The fourth-order valence-corrected chi connectivity index (χ4v) is 3.08. The van der Waals surface area contributed by atoms with Crippen molar-refractivity contribution in [1.29, 1.82) is 0 Å². The van der Waals surface area contributed by atoms with Crippen molar-refractivity contribution in [3.8, 4) is 17.2 Å². The molecule has 2 heterocycles. The summed E-state index contributed by atoms with van der Waals surface area (Å²) in [5, 5.41) is 9.26. The number of halogens is 1. The number of nitrogens with zero attached hydrogens (tertiary/aromatic N) is 2. The Balaban J connectivity index is 1.28. The normalized spacial score (nSPS) is 15.7. The third kappa shape index (κ3) is 4.05. The number of fused-ring (bicyclic) bond motifs is 1. The van der Waals surface area contributed by atoms with Crippen molar-refractivity contribution in [1.82, 2.24) is 10.2 Å². The van der Waals surface area contributed by atoms with Crippen molar-refractivity contribution < 1.29 is 18.6 Å². The lowest BCUT2D eigenvalue weighted by Crippen LogP contribution is -2.21. The first-order valence-corrected chi connectivity index (χ1v) is 9.37. The van der Waals surface area contributed by atoms with Crippen LogP contribution in [0, 0.1) is 0 Å². The van der Waals surface area contributed by atoms with Gasteiger partial charge in [0.05, 0.1) is 6.61 Å². The van der Waals surface area contributed by atoms with Crippen LogP contribution in [0.1, 0.15) is 12.0 Å². The second-order valence-electron chi connectivity index (χ2n) is 5.42. The predicted molar refractivity (Wildman–Crippen MR) is 97.3 cm³/mol. The topological polar surface area (TPSA) is 66.6 Å². The molecule has 26 heavy (non-hydrogen) atoms. The monoisotopic (exact) mass is 390 g/mol. The zero-order chi connectivity index (χ0) is 17.8. The first kappa shape index (κ1) is 17.1. The Labute approximate surface area is 159 Å². The molecule has 0 amide bonds. The van der Waals surface area contributed by atoms with Crippen LogP contribution < -0.4 is 14.2 Å². The van der Waals surface area contributed by atoms with E-state index in [1.807, 2.05) is 36.4 Å².